The molecule has 0 aromatic carbocycles. The second kappa shape index (κ2) is 5.66. The Hall–Kier alpha value is -1.82. The maximum absolute atomic E-state index is 12.2. The SMILES string of the molecule is CCc1[nH]nc(C(=O)NC(C)c2cc(C)sc2C)c1N. The van der Waals surface area contributed by atoms with Crippen LogP contribution >= 0.6 is 11.3 Å². The Labute approximate surface area is 122 Å². The Morgan fingerprint density at radius 3 is 2.75 bits per heavy atom. The number of H-pyrrole nitrogens is 1. The number of nitrogen functional groups attached to an aromatic ring is 1. The van der Waals surface area contributed by atoms with Gasteiger partial charge in [0.05, 0.1) is 17.4 Å². The number of nitrogens with one attached hydrogen (secondary N) is 2. The monoisotopic (exact) mass is 292 g/mol. The molecule has 2 heterocycles. The molecule has 0 saturated carbocycles. The number of aromatic amines is 1. The molecule has 0 saturated heterocycles. The zero-order chi connectivity index (χ0) is 14.9. The minimum atomic E-state index is -0.241. The number of nitrogens with zero attached hydrogens (tertiary/aromatic N) is 1. The number of rotatable bonds is 4. The number of hydrogen-bond donors (Lipinski definition) is 3. The van der Waals surface area contributed by atoms with Gasteiger partial charge < -0.3 is 11.1 Å². The van der Waals surface area contributed by atoms with E-state index in [2.05, 4.69) is 35.4 Å². The van der Waals surface area contributed by atoms with Crippen molar-refractivity contribution in [2.75, 3.05) is 5.73 Å². The van der Waals surface area contributed by atoms with E-state index in [1.165, 1.54) is 9.75 Å². The predicted octanol–water partition coefficient (Wildman–Crippen LogP) is 2.72. The molecule has 0 spiro atoms. The van der Waals surface area contributed by atoms with Gasteiger partial charge in [-0.15, -0.1) is 11.3 Å². The number of aryl methyl sites for hydroxylation is 3. The summed E-state index contributed by atoms with van der Waals surface area (Å²) >= 11 is 1.73. The van der Waals surface area contributed by atoms with Crippen molar-refractivity contribution >= 4 is 22.9 Å². The minimum Gasteiger partial charge on any atom is -0.395 e. The number of carbonyl (C=O) groups is 1. The van der Waals surface area contributed by atoms with Gasteiger partial charge in [0.15, 0.2) is 5.69 Å². The number of hydrogen-bond acceptors (Lipinski definition) is 4. The smallest absolute Gasteiger partial charge is 0.274 e. The third kappa shape index (κ3) is 2.70. The highest BCUT2D eigenvalue weighted by Gasteiger charge is 2.20. The molecule has 0 aliphatic carbocycles. The van der Waals surface area contributed by atoms with Gasteiger partial charge in [-0.2, -0.15) is 5.10 Å². The molecule has 0 fully saturated rings. The molecule has 0 aliphatic rings. The number of aromatic nitrogens is 2. The molecule has 5 nitrogen and oxygen atoms in total. The van der Waals surface area contributed by atoms with Gasteiger partial charge in [0.1, 0.15) is 0 Å². The molecule has 1 unspecified atom stereocenters. The van der Waals surface area contributed by atoms with Crippen molar-refractivity contribution in [2.45, 2.75) is 40.2 Å². The third-order valence-electron chi connectivity index (χ3n) is 3.35. The fourth-order valence-electron chi connectivity index (χ4n) is 2.25. The van der Waals surface area contributed by atoms with Gasteiger partial charge in [0.25, 0.3) is 5.91 Å². The number of amides is 1. The zero-order valence-corrected chi connectivity index (χ0v) is 13.0. The summed E-state index contributed by atoms with van der Waals surface area (Å²) in [7, 11) is 0. The molecule has 108 valence electrons. The molecular formula is C14H20N4OS. The van der Waals surface area contributed by atoms with Crippen molar-refractivity contribution in [1.29, 1.82) is 0 Å². The van der Waals surface area contributed by atoms with E-state index in [-0.39, 0.29) is 17.6 Å². The standard InChI is InChI=1S/C14H20N4OS/c1-5-11-12(15)13(18-17-11)14(19)16-8(3)10-6-7(2)20-9(10)4/h6,8H,5,15H2,1-4H3,(H,16,19)(H,17,18). The van der Waals surface area contributed by atoms with Crippen LogP contribution < -0.4 is 11.1 Å². The van der Waals surface area contributed by atoms with Crippen molar-refractivity contribution in [1.82, 2.24) is 15.5 Å². The molecule has 20 heavy (non-hydrogen) atoms. The first-order valence-electron chi connectivity index (χ1n) is 6.64. The first kappa shape index (κ1) is 14.6. The highest BCUT2D eigenvalue weighted by molar-refractivity contribution is 7.12. The van der Waals surface area contributed by atoms with Gasteiger partial charge in [0, 0.05) is 9.75 Å². The van der Waals surface area contributed by atoms with Crippen molar-refractivity contribution < 1.29 is 4.79 Å². The van der Waals surface area contributed by atoms with Crippen LogP contribution in [0.2, 0.25) is 0 Å². The summed E-state index contributed by atoms with van der Waals surface area (Å²) in [5, 5.41) is 9.75. The molecule has 4 N–H and O–H groups in total. The fourth-order valence-corrected chi connectivity index (χ4v) is 3.27. The van der Waals surface area contributed by atoms with Gasteiger partial charge in [-0.1, -0.05) is 6.92 Å². The van der Waals surface area contributed by atoms with Crippen LogP contribution in [0.15, 0.2) is 6.07 Å². The highest BCUT2D eigenvalue weighted by Crippen LogP contribution is 2.26. The number of nitrogens with two attached hydrogens (primary N) is 1. The summed E-state index contributed by atoms with van der Waals surface area (Å²) < 4.78 is 0. The molecule has 6 heteroatoms. The summed E-state index contributed by atoms with van der Waals surface area (Å²) in [6.45, 7) is 8.06. The van der Waals surface area contributed by atoms with Crippen LogP contribution in [0.25, 0.3) is 0 Å². The molecular weight excluding hydrogens is 272 g/mol. The van der Waals surface area contributed by atoms with Gasteiger partial charge in [-0.25, -0.2) is 0 Å². The van der Waals surface area contributed by atoms with E-state index in [0.29, 0.717) is 5.69 Å². The lowest BCUT2D eigenvalue weighted by Crippen LogP contribution is -2.27. The maximum Gasteiger partial charge on any atom is 0.274 e. The van der Waals surface area contributed by atoms with Crippen molar-refractivity contribution in [3.63, 3.8) is 0 Å². The Kier molecular flexibility index (Phi) is 4.13. The molecule has 0 radical (unpaired) electrons. The molecule has 2 rings (SSSR count). The molecule has 2 aromatic heterocycles. The van der Waals surface area contributed by atoms with E-state index in [9.17, 15) is 4.79 Å². The van der Waals surface area contributed by atoms with Crippen molar-refractivity contribution in [3.05, 3.63) is 32.8 Å². The van der Waals surface area contributed by atoms with E-state index in [0.717, 1.165) is 17.7 Å². The third-order valence-corrected chi connectivity index (χ3v) is 4.33. The average molecular weight is 292 g/mol. The Morgan fingerprint density at radius 1 is 1.55 bits per heavy atom. The van der Waals surface area contributed by atoms with Gasteiger partial charge in [-0.3, -0.25) is 9.89 Å². The van der Waals surface area contributed by atoms with Gasteiger partial charge >= 0.3 is 0 Å². The van der Waals surface area contributed by atoms with Crippen molar-refractivity contribution in [2.24, 2.45) is 0 Å². The lowest BCUT2D eigenvalue weighted by molar-refractivity contribution is 0.0935. The van der Waals surface area contributed by atoms with Crippen LogP contribution in [-0.4, -0.2) is 16.1 Å². The Morgan fingerprint density at radius 2 is 2.25 bits per heavy atom. The van der Waals surface area contributed by atoms with E-state index in [4.69, 9.17) is 5.73 Å². The average Bonchev–Trinajstić information content (AvgIpc) is 2.91. The Bertz CT molecular complexity index is 629. The van der Waals surface area contributed by atoms with E-state index in [1.54, 1.807) is 11.3 Å². The second-order valence-corrected chi connectivity index (χ2v) is 6.34. The van der Waals surface area contributed by atoms with Crippen LogP contribution in [-0.2, 0) is 6.42 Å². The van der Waals surface area contributed by atoms with Gasteiger partial charge in [0.2, 0.25) is 0 Å². The summed E-state index contributed by atoms with van der Waals surface area (Å²) in [6, 6.07) is 2.05. The predicted molar refractivity (Wildman–Crippen MR) is 82.1 cm³/mol. The summed E-state index contributed by atoms with van der Waals surface area (Å²) in [5.41, 5.74) is 8.57. The summed E-state index contributed by atoms with van der Waals surface area (Å²) in [6.07, 6.45) is 0.727. The number of carbonyl (C=O) groups excluding carboxylic acids is 1. The topological polar surface area (TPSA) is 83.8 Å². The van der Waals surface area contributed by atoms with E-state index < -0.39 is 0 Å². The van der Waals surface area contributed by atoms with Crippen LogP contribution in [0, 0.1) is 13.8 Å². The van der Waals surface area contributed by atoms with Crippen LogP contribution in [0.5, 0.6) is 0 Å². The number of thiophene rings is 1. The lowest BCUT2D eigenvalue weighted by atomic mass is 10.1. The van der Waals surface area contributed by atoms with Crippen LogP contribution in [0.3, 0.4) is 0 Å². The van der Waals surface area contributed by atoms with Crippen LogP contribution in [0.4, 0.5) is 5.69 Å². The minimum absolute atomic E-state index is 0.0615. The molecule has 0 aliphatic heterocycles. The second-order valence-electron chi connectivity index (χ2n) is 4.88. The largest absolute Gasteiger partial charge is 0.395 e. The summed E-state index contributed by atoms with van der Waals surface area (Å²) in [4.78, 5) is 14.7. The van der Waals surface area contributed by atoms with Crippen LogP contribution in [0.1, 0.15) is 51.4 Å². The maximum atomic E-state index is 12.2. The Balaban J connectivity index is 2.15. The first-order chi connectivity index (χ1) is 9.43. The lowest BCUT2D eigenvalue weighted by Gasteiger charge is -2.13. The fraction of sp³-hybridized carbons (Fsp3) is 0.429. The zero-order valence-electron chi connectivity index (χ0n) is 12.2. The molecule has 2 aromatic rings. The van der Waals surface area contributed by atoms with E-state index >= 15 is 0 Å². The van der Waals surface area contributed by atoms with Gasteiger partial charge in [-0.05, 0) is 38.8 Å². The van der Waals surface area contributed by atoms with Crippen molar-refractivity contribution in [3.8, 4) is 0 Å². The molecule has 0 bridgehead atoms. The van der Waals surface area contributed by atoms with E-state index in [1.807, 2.05) is 13.8 Å². The number of anilines is 1. The summed E-state index contributed by atoms with van der Waals surface area (Å²) in [5.74, 6) is -0.241. The molecule has 1 atom stereocenters. The normalized spacial score (nSPS) is 12.4. The molecule has 1 amide bonds. The first-order valence-corrected chi connectivity index (χ1v) is 7.46. The quantitative estimate of drug-likeness (QED) is 0.810. The highest BCUT2D eigenvalue weighted by atomic mass is 32.1.